The maximum Gasteiger partial charge on any atom is 0.151 e. The summed E-state index contributed by atoms with van der Waals surface area (Å²) in [6.07, 6.45) is 0.389. The van der Waals surface area contributed by atoms with Crippen LogP contribution < -0.4 is 0 Å². The minimum Gasteiger partial charge on any atom is -0.266 e. The molecule has 0 spiro atoms. The van der Waals surface area contributed by atoms with Gasteiger partial charge in [0, 0.05) is 0 Å². The lowest BCUT2D eigenvalue weighted by molar-refractivity contribution is 0.606. The Morgan fingerprint density at radius 1 is 1.62 bits per heavy atom. The largest absolute Gasteiger partial charge is 0.266 e. The Labute approximate surface area is 76.0 Å². The van der Waals surface area contributed by atoms with Crippen LogP contribution in [0.1, 0.15) is 17.8 Å². The molecule has 0 radical (unpaired) electrons. The van der Waals surface area contributed by atoms with Gasteiger partial charge in [-0.05, 0) is 19.0 Å². The van der Waals surface area contributed by atoms with E-state index in [1.165, 1.54) is 0 Å². The van der Waals surface area contributed by atoms with Gasteiger partial charge >= 0.3 is 0 Å². The normalized spacial score (nSPS) is 9.62. The summed E-state index contributed by atoms with van der Waals surface area (Å²) in [6.45, 7) is 4.01. The van der Waals surface area contributed by atoms with Crippen molar-refractivity contribution in [2.24, 2.45) is 5.18 Å². The quantitative estimate of drug-likeness (QED) is 0.662. The first kappa shape index (κ1) is 9.39. The fourth-order valence-corrected chi connectivity index (χ4v) is 1.19. The van der Waals surface area contributed by atoms with E-state index >= 15 is 0 Å². The van der Waals surface area contributed by atoms with Crippen molar-refractivity contribution in [3.8, 4) is 6.07 Å². The van der Waals surface area contributed by atoms with Gasteiger partial charge in [0.25, 0.3) is 0 Å². The Morgan fingerprint density at radius 2 is 2.31 bits per heavy atom. The van der Waals surface area contributed by atoms with Crippen molar-refractivity contribution >= 4 is 5.69 Å². The van der Waals surface area contributed by atoms with E-state index < -0.39 is 0 Å². The number of rotatable bonds is 3. The van der Waals surface area contributed by atoms with Crippen molar-refractivity contribution in [3.63, 3.8) is 0 Å². The van der Waals surface area contributed by atoms with Crippen LogP contribution >= 0.6 is 0 Å². The molecule has 5 heteroatoms. The zero-order valence-corrected chi connectivity index (χ0v) is 7.61. The van der Waals surface area contributed by atoms with E-state index in [4.69, 9.17) is 5.26 Å². The summed E-state index contributed by atoms with van der Waals surface area (Å²) in [6, 6.07) is 2.02. The molecular weight excluding hydrogens is 168 g/mol. The zero-order valence-electron chi connectivity index (χ0n) is 7.61. The number of aromatic nitrogens is 2. The van der Waals surface area contributed by atoms with E-state index in [0.717, 1.165) is 5.69 Å². The minimum absolute atomic E-state index is 0.387. The molecule has 1 rings (SSSR count). The zero-order chi connectivity index (χ0) is 9.84. The van der Waals surface area contributed by atoms with Crippen LogP contribution in [0.5, 0.6) is 0 Å². The number of nitriles is 1. The summed E-state index contributed by atoms with van der Waals surface area (Å²) in [5.41, 5.74) is 1.73. The van der Waals surface area contributed by atoms with E-state index in [2.05, 4.69) is 10.3 Å². The van der Waals surface area contributed by atoms with Gasteiger partial charge in [0.15, 0.2) is 5.69 Å². The molecule has 0 amide bonds. The smallest absolute Gasteiger partial charge is 0.151 e. The average molecular weight is 178 g/mol. The molecule has 0 aliphatic heterocycles. The maximum atomic E-state index is 10.4. The van der Waals surface area contributed by atoms with Gasteiger partial charge in [-0.1, -0.05) is 0 Å². The SMILES string of the molecule is Cc1nn(CCC#N)c(C)c1N=O. The van der Waals surface area contributed by atoms with Crippen LogP contribution in [0.2, 0.25) is 0 Å². The van der Waals surface area contributed by atoms with Crippen LogP contribution in [0.4, 0.5) is 5.69 Å². The molecule has 5 nitrogen and oxygen atoms in total. The second-order valence-corrected chi connectivity index (χ2v) is 2.74. The minimum atomic E-state index is 0.387. The van der Waals surface area contributed by atoms with E-state index in [-0.39, 0.29) is 0 Å². The Balaban J connectivity index is 2.98. The highest BCUT2D eigenvalue weighted by atomic mass is 16.3. The second kappa shape index (κ2) is 3.81. The van der Waals surface area contributed by atoms with E-state index in [1.807, 2.05) is 6.07 Å². The molecule has 0 N–H and O–H groups in total. The average Bonchev–Trinajstić information content (AvgIpc) is 2.38. The standard InChI is InChI=1S/C8H10N4O/c1-6-8(11-13)7(2)12(10-6)5-3-4-9/h3,5H2,1-2H3. The molecule has 0 saturated heterocycles. The van der Waals surface area contributed by atoms with Crippen LogP contribution in [-0.4, -0.2) is 9.78 Å². The number of aryl methyl sites for hydroxylation is 2. The molecule has 0 atom stereocenters. The predicted octanol–water partition coefficient (Wildman–Crippen LogP) is 1.81. The van der Waals surface area contributed by atoms with Crippen molar-refractivity contribution in [1.29, 1.82) is 5.26 Å². The summed E-state index contributed by atoms with van der Waals surface area (Å²) in [5, 5.41) is 15.3. The van der Waals surface area contributed by atoms with Gasteiger partial charge in [0.05, 0.1) is 30.4 Å². The van der Waals surface area contributed by atoms with Gasteiger partial charge in [0.2, 0.25) is 0 Å². The lowest BCUT2D eigenvalue weighted by Crippen LogP contribution is -2.01. The van der Waals surface area contributed by atoms with Crippen LogP contribution in [0.25, 0.3) is 0 Å². The third-order valence-electron chi connectivity index (χ3n) is 1.87. The molecule has 1 aromatic rings. The van der Waals surface area contributed by atoms with Crippen molar-refractivity contribution in [3.05, 3.63) is 16.3 Å². The first-order valence-electron chi connectivity index (χ1n) is 3.95. The molecule has 1 heterocycles. The highest BCUT2D eigenvalue weighted by molar-refractivity contribution is 5.45. The Bertz CT molecular complexity index is 361. The molecule has 13 heavy (non-hydrogen) atoms. The van der Waals surface area contributed by atoms with Gasteiger partial charge in [-0.3, -0.25) is 4.68 Å². The number of nitrogens with zero attached hydrogens (tertiary/aromatic N) is 4. The summed E-state index contributed by atoms with van der Waals surface area (Å²) in [5.74, 6) is 0. The fraction of sp³-hybridized carbons (Fsp3) is 0.500. The molecule has 0 aliphatic carbocycles. The molecule has 1 aromatic heterocycles. The van der Waals surface area contributed by atoms with Gasteiger partial charge in [-0.15, -0.1) is 4.91 Å². The van der Waals surface area contributed by atoms with E-state index in [1.54, 1.807) is 18.5 Å². The Morgan fingerprint density at radius 3 is 2.77 bits per heavy atom. The first-order chi connectivity index (χ1) is 6.20. The summed E-state index contributed by atoms with van der Waals surface area (Å²) >= 11 is 0. The Hall–Kier alpha value is -1.70. The van der Waals surface area contributed by atoms with E-state index in [0.29, 0.717) is 24.3 Å². The van der Waals surface area contributed by atoms with Crippen LogP contribution in [0.3, 0.4) is 0 Å². The highest BCUT2D eigenvalue weighted by Gasteiger charge is 2.10. The van der Waals surface area contributed by atoms with Crippen LogP contribution in [-0.2, 0) is 6.54 Å². The highest BCUT2D eigenvalue weighted by Crippen LogP contribution is 2.22. The van der Waals surface area contributed by atoms with Gasteiger partial charge in [-0.25, -0.2) is 0 Å². The van der Waals surface area contributed by atoms with Gasteiger partial charge < -0.3 is 0 Å². The van der Waals surface area contributed by atoms with Crippen molar-refractivity contribution in [2.45, 2.75) is 26.8 Å². The molecule has 0 aliphatic rings. The lowest BCUT2D eigenvalue weighted by atomic mass is 10.3. The van der Waals surface area contributed by atoms with Gasteiger partial charge in [-0.2, -0.15) is 10.4 Å². The maximum absolute atomic E-state index is 10.4. The molecule has 0 unspecified atom stereocenters. The third-order valence-corrected chi connectivity index (χ3v) is 1.87. The monoisotopic (exact) mass is 178 g/mol. The van der Waals surface area contributed by atoms with Crippen LogP contribution in [0.15, 0.2) is 5.18 Å². The summed E-state index contributed by atoms with van der Waals surface area (Å²) < 4.78 is 1.63. The molecular formula is C8H10N4O. The summed E-state index contributed by atoms with van der Waals surface area (Å²) in [4.78, 5) is 10.4. The lowest BCUT2D eigenvalue weighted by Gasteiger charge is -1.98. The fourth-order valence-electron chi connectivity index (χ4n) is 1.19. The third kappa shape index (κ3) is 1.72. The number of hydrogen-bond acceptors (Lipinski definition) is 4. The van der Waals surface area contributed by atoms with E-state index in [9.17, 15) is 4.91 Å². The van der Waals surface area contributed by atoms with Crippen molar-refractivity contribution in [2.75, 3.05) is 0 Å². The van der Waals surface area contributed by atoms with Crippen LogP contribution in [0, 0.1) is 30.1 Å². The second-order valence-electron chi connectivity index (χ2n) is 2.74. The van der Waals surface area contributed by atoms with Crippen molar-refractivity contribution in [1.82, 2.24) is 9.78 Å². The molecule has 0 fully saturated rings. The molecule has 0 aromatic carbocycles. The number of nitroso groups, excluding NO2 is 1. The Kier molecular flexibility index (Phi) is 2.75. The molecule has 0 saturated carbocycles. The molecule has 68 valence electrons. The molecule has 0 bridgehead atoms. The number of hydrogen-bond donors (Lipinski definition) is 0. The predicted molar refractivity (Wildman–Crippen MR) is 47.4 cm³/mol. The van der Waals surface area contributed by atoms with Gasteiger partial charge in [0.1, 0.15) is 0 Å². The summed E-state index contributed by atoms with van der Waals surface area (Å²) in [7, 11) is 0. The van der Waals surface area contributed by atoms with Crippen molar-refractivity contribution < 1.29 is 0 Å². The first-order valence-corrected chi connectivity index (χ1v) is 3.95. The topological polar surface area (TPSA) is 71.0 Å².